The fourth-order valence-electron chi connectivity index (χ4n) is 1.78. The molecule has 0 aliphatic heterocycles. The molecule has 0 saturated carbocycles. The zero-order chi connectivity index (χ0) is 13.5. The van der Waals surface area contributed by atoms with Gasteiger partial charge >= 0.3 is 0 Å². The maximum absolute atomic E-state index is 11.7. The lowest BCUT2D eigenvalue weighted by Crippen LogP contribution is -2.24. The van der Waals surface area contributed by atoms with E-state index in [0.29, 0.717) is 26.1 Å². The summed E-state index contributed by atoms with van der Waals surface area (Å²) < 4.78 is 1.63. The summed E-state index contributed by atoms with van der Waals surface area (Å²) in [5, 5.41) is 6.82. The van der Waals surface area contributed by atoms with Crippen LogP contribution in [0.3, 0.4) is 0 Å². The van der Waals surface area contributed by atoms with Crippen LogP contribution in [0, 0.1) is 0 Å². The highest BCUT2D eigenvalue weighted by molar-refractivity contribution is 5.75. The van der Waals surface area contributed by atoms with Gasteiger partial charge in [-0.25, -0.2) is 4.98 Å². The molecule has 0 radical (unpaired) electrons. The van der Waals surface area contributed by atoms with Crippen molar-refractivity contribution in [2.75, 3.05) is 0 Å². The van der Waals surface area contributed by atoms with Crippen LogP contribution in [0.15, 0.2) is 36.9 Å². The molecule has 2 aromatic rings. The van der Waals surface area contributed by atoms with Crippen LogP contribution in [-0.2, 0) is 24.4 Å². The summed E-state index contributed by atoms with van der Waals surface area (Å²) in [5.74, 6) is -0.0117. The van der Waals surface area contributed by atoms with Crippen LogP contribution in [0.4, 0.5) is 0 Å². The van der Waals surface area contributed by atoms with Gasteiger partial charge in [0.15, 0.2) is 0 Å². The van der Waals surface area contributed by atoms with Crippen LogP contribution in [0.1, 0.15) is 17.5 Å². The maximum Gasteiger partial charge on any atom is 0.222 e. The third-order valence-electron chi connectivity index (χ3n) is 2.85. The molecule has 0 unspecified atom stereocenters. The van der Waals surface area contributed by atoms with Gasteiger partial charge in [0.05, 0.1) is 6.54 Å². The molecule has 0 saturated heterocycles. The zero-order valence-corrected chi connectivity index (χ0v) is 10.6. The second-order valence-corrected chi connectivity index (χ2v) is 4.16. The van der Waals surface area contributed by atoms with Crippen molar-refractivity contribution in [2.45, 2.75) is 26.1 Å². The molecule has 0 fully saturated rings. The first kappa shape index (κ1) is 13.2. The van der Waals surface area contributed by atoms with Crippen molar-refractivity contribution in [2.24, 2.45) is 5.73 Å². The Morgan fingerprint density at radius 2 is 2.11 bits per heavy atom. The number of carbonyl (C=O) groups excluding carboxylic acids is 1. The molecule has 1 heterocycles. The Morgan fingerprint density at radius 1 is 1.32 bits per heavy atom. The topological polar surface area (TPSA) is 85.8 Å². The fourth-order valence-corrected chi connectivity index (χ4v) is 1.78. The van der Waals surface area contributed by atoms with Crippen LogP contribution in [0.25, 0.3) is 0 Å². The Balaban J connectivity index is 1.80. The number of hydrogen-bond acceptors (Lipinski definition) is 4. The predicted molar refractivity (Wildman–Crippen MR) is 70.8 cm³/mol. The lowest BCUT2D eigenvalue weighted by atomic mass is 10.1. The predicted octanol–water partition coefficient (Wildman–Crippen LogP) is 0.443. The number of amides is 1. The molecule has 0 aliphatic carbocycles. The van der Waals surface area contributed by atoms with Crippen LogP contribution in [-0.4, -0.2) is 20.7 Å². The molecule has 100 valence electrons. The monoisotopic (exact) mass is 259 g/mol. The Morgan fingerprint density at radius 3 is 2.79 bits per heavy atom. The smallest absolute Gasteiger partial charge is 0.222 e. The van der Waals surface area contributed by atoms with Crippen LogP contribution < -0.4 is 11.1 Å². The second-order valence-electron chi connectivity index (χ2n) is 4.16. The van der Waals surface area contributed by atoms with E-state index in [1.165, 1.54) is 6.33 Å². The van der Waals surface area contributed by atoms with Gasteiger partial charge in [0, 0.05) is 19.5 Å². The van der Waals surface area contributed by atoms with E-state index in [4.69, 9.17) is 5.73 Å². The van der Waals surface area contributed by atoms with Gasteiger partial charge in [0.2, 0.25) is 5.91 Å². The molecule has 6 nitrogen and oxygen atoms in total. The van der Waals surface area contributed by atoms with E-state index in [0.717, 1.165) is 11.1 Å². The third kappa shape index (κ3) is 3.89. The maximum atomic E-state index is 11.7. The summed E-state index contributed by atoms with van der Waals surface area (Å²) in [7, 11) is 0. The highest BCUT2D eigenvalue weighted by Gasteiger charge is 2.04. The number of aromatic nitrogens is 3. The fraction of sp³-hybridized carbons (Fsp3) is 0.308. The van der Waals surface area contributed by atoms with Gasteiger partial charge in [0.1, 0.15) is 12.7 Å². The van der Waals surface area contributed by atoms with Gasteiger partial charge in [-0.2, -0.15) is 5.10 Å². The molecule has 1 amide bonds. The third-order valence-corrected chi connectivity index (χ3v) is 2.85. The standard InChI is InChI=1S/C13H17N5O/c14-7-11-3-1-2-4-12(11)8-16-13(19)5-6-18-10-15-9-17-18/h1-4,9-10H,5-8,14H2,(H,16,19). The van der Waals surface area contributed by atoms with Crippen molar-refractivity contribution in [1.29, 1.82) is 0 Å². The molecular weight excluding hydrogens is 242 g/mol. The minimum Gasteiger partial charge on any atom is -0.352 e. The quantitative estimate of drug-likeness (QED) is 0.788. The number of carbonyl (C=O) groups is 1. The first-order valence-electron chi connectivity index (χ1n) is 6.15. The van der Waals surface area contributed by atoms with E-state index in [2.05, 4.69) is 15.4 Å². The number of nitrogens with zero attached hydrogens (tertiary/aromatic N) is 3. The summed E-state index contributed by atoms with van der Waals surface area (Å²) in [6.07, 6.45) is 3.43. The first-order valence-corrected chi connectivity index (χ1v) is 6.15. The number of nitrogens with two attached hydrogens (primary N) is 1. The Kier molecular flexibility index (Phi) is 4.63. The normalized spacial score (nSPS) is 10.4. The van der Waals surface area contributed by atoms with E-state index >= 15 is 0 Å². The molecule has 0 atom stereocenters. The van der Waals surface area contributed by atoms with E-state index in [-0.39, 0.29) is 5.91 Å². The average molecular weight is 259 g/mol. The number of benzene rings is 1. The minimum absolute atomic E-state index is 0.0117. The molecule has 1 aromatic heterocycles. The number of hydrogen-bond donors (Lipinski definition) is 2. The van der Waals surface area contributed by atoms with Crippen molar-refractivity contribution < 1.29 is 4.79 Å². The van der Waals surface area contributed by atoms with Crippen LogP contribution in [0.5, 0.6) is 0 Å². The molecule has 0 bridgehead atoms. The average Bonchev–Trinajstić information content (AvgIpc) is 2.96. The number of rotatable bonds is 6. The SMILES string of the molecule is NCc1ccccc1CNC(=O)CCn1cncn1. The molecule has 2 rings (SSSR count). The molecule has 3 N–H and O–H groups in total. The summed E-state index contributed by atoms with van der Waals surface area (Å²) in [5.41, 5.74) is 7.76. The van der Waals surface area contributed by atoms with E-state index in [9.17, 15) is 4.79 Å². The van der Waals surface area contributed by atoms with Crippen LogP contribution in [0.2, 0.25) is 0 Å². The highest BCUT2D eigenvalue weighted by Crippen LogP contribution is 2.07. The van der Waals surface area contributed by atoms with Gasteiger partial charge in [-0.05, 0) is 11.1 Å². The Bertz CT molecular complexity index is 524. The van der Waals surface area contributed by atoms with Crippen LogP contribution >= 0.6 is 0 Å². The van der Waals surface area contributed by atoms with Gasteiger partial charge in [0.25, 0.3) is 0 Å². The zero-order valence-electron chi connectivity index (χ0n) is 10.6. The molecule has 0 aliphatic rings. The first-order chi connectivity index (χ1) is 9.29. The number of aryl methyl sites for hydroxylation is 1. The van der Waals surface area contributed by atoms with Gasteiger partial charge in [-0.3, -0.25) is 9.48 Å². The van der Waals surface area contributed by atoms with Crippen molar-refractivity contribution >= 4 is 5.91 Å². The second kappa shape index (κ2) is 6.65. The minimum atomic E-state index is -0.0117. The van der Waals surface area contributed by atoms with Crippen molar-refractivity contribution in [3.8, 4) is 0 Å². The Labute approximate surface area is 111 Å². The van der Waals surface area contributed by atoms with Crippen molar-refractivity contribution in [1.82, 2.24) is 20.1 Å². The summed E-state index contributed by atoms with van der Waals surface area (Å²) in [6.45, 7) is 1.51. The molecular formula is C13H17N5O. The van der Waals surface area contributed by atoms with E-state index in [1.54, 1.807) is 11.0 Å². The number of nitrogens with one attached hydrogen (secondary N) is 1. The molecule has 19 heavy (non-hydrogen) atoms. The Hall–Kier alpha value is -2.21. The van der Waals surface area contributed by atoms with Gasteiger partial charge < -0.3 is 11.1 Å². The van der Waals surface area contributed by atoms with Crippen molar-refractivity contribution in [3.05, 3.63) is 48.0 Å². The molecule has 6 heteroatoms. The largest absolute Gasteiger partial charge is 0.352 e. The summed E-state index contributed by atoms with van der Waals surface area (Å²) in [6, 6.07) is 7.82. The lowest BCUT2D eigenvalue weighted by molar-refractivity contribution is -0.121. The van der Waals surface area contributed by atoms with Gasteiger partial charge in [-0.15, -0.1) is 0 Å². The molecule has 1 aromatic carbocycles. The summed E-state index contributed by atoms with van der Waals surface area (Å²) in [4.78, 5) is 15.5. The molecule has 0 spiro atoms. The van der Waals surface area contributed by atoms with Crippen molar-refractivity contribution in [3.63, 3.8) is 0 Å². The van der Waals surface area contributed by atoms with E-state index < -0.39 is 0 Å². The lowest BCUT2D eigenvalue weighted by Gasteiger charge is -2.09. The summed E-state index contributed by atoms with van der Waals surface area (Å²) >= 11 is 0. The van der Waals surface area contributed by atoms with Gasteiger partial charge in [-0.1, -0.05) is 24.3 Å². The van der Waals surface area contributed by atoms with E-state index in [1.807, 2.05) is 24.3 Å². The highest BCUT2D eigenvalue weighted by atomic mass is 16.1.